The van der Waals surface area contributed by atoms with Crippen molar-refractivity contribution in [2.75, 3.05) is 6.54 Å². The first kappa shape index (κ1) is 14.2. The van der Waals surface area contributed by atoms with Crippen LogP contribution in [-0.4, -0.2) is 40.5 Å². The quantitative estimate of drug-likeness (QED) is 0.719. The van der Waals surface area contributed by atoms with E-state index in [9.17, 15) is 14.4 Å². The van der Waals surface area contributed by atoms with Crippen molar-refractivity contribution in [1.82, 2.24) is 10.2 Å². The van der Waals surface area contributed by atoms with Crippen molar-refractivity contribution in [3.63, 3.8) is 0 Å². The second kappa shape index (κ2) is 6.18. The summed E-state index contributed by atoms with van der Waals surface area (Å²) in [6.45, 7) is 4.68. The molecule has 1 heterocycles. The predicted molar refractivity (Wildman–Crippen MR) is 64.9 cm³/mol. The fraction of sp³-hybridized carbons (Fsp3) is 0.583. The van der Waals surface area contributed by atoms with Crippen molar-refractivity contribution < 1.29 is 19.5 Å². The lowest BCUT2D eigenvalue weighted by atomic mass is 9.94. The summed E-state index contributed by atoms with van der Waals surface area (Å²) in [6.07, 6.45) is 3.35. The van der Waals surface area contributed by atoms with Gasteiger partial charge in [-0.1, -0.05) is 6.92 Å². The molecular weight excluding hydrogens is 236 g/mol. The van der Waals surface area contributed by atoms with Gasteiger partial charge in [0.15, 0.2) is 0 Å². The molecule has 1 aliphatic heterocycles. The highest BCUT2D eigenvalue weighted by Crippen LogP contribution is 2.21. The van der Waals surface area contributed by atoms with Crippen molar-refractivity contribution in [2.45, 2.75) is 32.7 Å². The van der Waals surface area contributed by atoms with Gasteiger partial charge in [-0.15, -0.1) is 0 Å². The predicted octanol–water partition coefficient (Wildman–Crippen LogP) is 0.984. The van der Waals surface area contributed by atoms with Gasteiger partial charge < -0.3 is 10.0 Å². The van der Waals surface area contributed by atoms with Crippen LogP contribution in [0.2, 0.25) is 0 Å². The molecule has 18 heavy (non-hydrogen) atoms. The minimum Gasteiger partial charge on any atom is -0.478 e. The van der Waals surface area contributed by atoms with E-state index in [1.807, 2.05) is 6.92 Å². The van der Waals surface area contributed by atoms with Crippen LogP contribution in [0.4, 0.5) is 4.79 Å². The zero-order valence-electron chi connectivity index (χ0n) is 10.5. The number of nitrogens with one attached hydrogen (secondary N) is 1. The highest BCUT2D eigenvalue weighted by molar-refractivity contribution is 6.02. The maximum atomic E-state index is 11.8. The first-order valence-electron chi connectivity index (χ1n) is 5.92. The summed E-state index contributed by atoms with van der Waals surface area (Å²) in [5.74, 6) is -1.36. The number of urea groups is 1. The molecule has 2 atom stereocenters. The molecule has 100 valence electrons. The third-order valence-electron chi connectivity index (χ3n) is 3.01. The second-order valence-corrected chi connectivity index (χ2v) is 4.64. The Morgan fingerprint density at radius 1 is 1.28 bits per heavy atom. The van der Waals surface area contributed by atoms with E-state index in [4.69, 9.17) is 5.11 Å². The monoisotopic (exact) mass is 254 g/mol. The molecule has 0 aromatic rings. The van der Waals surface area contributed by atoms with E-state index in [2.05, 4.69) is 12.2 Å². The summed E-state index contributed by atoms with van der Waals surface area (Å²) < 4.78 is 0. The molecule has 0 aromatic carbocycles. The van der Waals surface area contributed by atoms with E-state index >= 15 is 0 Å². The number of nitrogens with zero attached hydrogens (tertiary/aromatic N) is 1. The number of amides is 3. The van der Waals surface area contributed by atoms with Gasteiger partial charge in [-0.05, 0) is 25.7 Å². The molecule has 1 rings (SSSR count). The van der Waals surface area contributed by atoms with E-state index in [0.717, 1.165) is 18.9 Å². The summed E-state index contributed by atoms with van der Waals surface area (Å²) >= 11 is 0. The van der Waals surface area contributed by atoms with Crippen LogP contribution in [0.25, 0.3) is 0 Å². The maximum absolute atomic E-state index is 11.8. The van der Waals surface area contributed by atoms with Crippen LogP contribution in [0.3, 0.4) is 0 Å². The van der Waals surface area contributed by atoms with Gasteiger partial charge in [0.2, 0.25) is 0 Å². The molecule has 1 saturated heterocycles. The van der Waals surface area contributed by atoms with Crippen LogP contribution in [0.5, 0.6) is 0 Å². The molecule has 2 unspecified atom stereocenters. The SMILES string of the molecule is CC1CCN(C(=O)NC(=O)C=CC(=O)O)C(C)C1. The molecule has 1 aliphatic rings. The lowest BCUT2D eigenvalue weighted by molar-refractivity contribution is -0.131. The van der Waals surface area contributed by atoms with Gasteiger partial charge in [-0.2, -0.15) is 0 Å². The molecule has 2 N–H and O–H groups in total. The average Bonchev–Trinajstić information content (AvgIpc) is 2.26. The number of hydrogen-bond donors (Lipinski definition) is 2. The fourth-order valence-corrected chi connectivity index (χ4v) is 2.07. The Balaban J connectivity index is 2.50. The fourth-order valence-electron chi connectivity index (χ4n) is 2.07. The molecule has 0 aliphatic carbocycles. The molecule has 0 saturated carbocycles. The summed E-state index contributed by atoms with van der Waals surface area (Å²) in [5, 5.41) is 10.5. The van der Waals surface area contributed by atoms with E-state index in [-0.39, 0.29) is 6.04 Å². The van der Waals surface area contributed by atoms with E-state index in [1.54, 1.807) is 4.90 Å². The molecule has 0 spiro atoms. The zero-order valence-corrected chi connectivity index (χ0v) is 10.5. The minimum absolute atomic E-state index is 0.0880. The largest absolute Gasteiger partial charge is 0.478 e. The van der Waals surface area contributed by atoms with Gasteiger partial charge in [0, 0.05) is 24.7 Å². The topological polar surface area (TPSA) is 86.7 Å². The number of carboxylic acids is 1. The Bertz CT molecular complexity index is 378. The Labute approximate surface area is 106 Å². The number of likely N-dealkylation sites (tertiary alicyclic amines) is 1. The highest BCUT2D eigenvalue weighted by Gasteiger charge is 2.27. The number of hydrogen-bond acceptors (Lipinski definition) is 3. The Kier molecular flexibility index (Phi) is 4.88. The van der Waals surface area contributed by atoms with Gasteiger partial charge in [-0.25, -0.2) is 9.59 Å². The van der Waals surface area contributed by atoms with Crippen molar-refractivity contribution in [3.8, 4) is 0 Å². The molecule has 3 amide bonds. The van der Waals surface area contributed by atoms with Crippen LogP contribution in [0.1, 0.15) is 26.7 Å². The van der Waals surface area contributed by atoms with Crippen molar-refractivity contribution >= 4 is 17.9 Å². The molecule has 0 bridgehead atoms. The molecule has 6 heteroatoms. The van der Waals surface area contributed by atoms with E-state index < -0.39 is 17.9 Å². The van der Waals surface area contributed by atoms with Crippen molar-refractivity contribution in [2.24, 2.45) is 5.92 Å². The standard InChI is InChI=1S/C12H18N2O4/c1-8-5-6-14(9(2)7-8)12(18)13-10(15)3-4-11(16)17/h3-4,8-9H,5-7H2,1-2H3,(H,16,17)(H,13,15,18). The normalized spacial score (nSPS) is 24.0. The first-order valence-corrected chi connectivity index (χ1v) is 5.92. The summed E-state index contributed by atoms with van der Waals surface area (Å²) in [4.78, 5) is 34.9. The highest BCUT2D eigenvalue weighted by atomic mass is 16.4. The van der Waals surface area contributed by atoms with E-state index in [0.29, 0.717) is 18.5 Å². The average molecular weight is 254 g/mol. The van der Waals surface area contributed by atoms with Gasteiger partial charge in [0.05, 0.1) is 0 Å². The Hall–Kier alpha value is -1.85. The minimum atomic E-state index is -1.22. The number of carboxylic acid groups (broad SMARTS) is 1. The zero-order chi connectivity index (χ0) is 13.7. The van der Waals surface area contributed by atoms with Crippen LogP contribution in [-0.2, 0) is 9.59 Å². The first-order chi connectivity index (χ1) is 8.40. The lowest BCUT2D eigenvalue weighted by Crippen LogP contribution is -2.50. The number of carbonyl (C=O) groups is 3. The molecule has 0 radical (unpaired) electrons. The van der Waals surface area contributed by atoms with Crippen LogP contribution >= 0.6 is 0 Å². The summed E-state index contributed by atoms with van der Waals surface area (Å²) in [7, 11) is 0. The molecular formula is C12H18N2O4. The van der Waals surface area contributed by atoms with Gasteiger partial charge >= 0.3 is 12.0 Å². The third kappa shape index (κ3) is 4.20. The van der Waals surface area contributed by atoms with Crippen molar-refractivity contribution in [1.29, 1.82) is 0 Å². The summed E-state index contributed by atoms with van der Waals surface area (Å²) in [6, 6.07) is -0.376. The van der Waals surface area contributed by atoms with Gasteiger partial charge in [0.1, 0.15) is 0 Å². The third-order valence-corrected chi connectivity index (χ3v) is 3.01. The Morgan fingerprint density at radius 2 is 1.94 bits per heavy atom. The molecule has 6 nitrogen and oxygen atoms in total. The number of aliphatic carboxylic acids is 1. The van der Waals surface area contributed by atoms with Crippen LogP contribution in [0.15, 0.2) is 12.2 Å². The second-order valence-electron chi connectivity index (χ2n) is 4.64. The Morgan fingerprint density at radius 3 is 2.50 bits per heavy atom. The molecule has 1 fully saturated rings. The number of imide groups is 1. The van der Waals surface area contributed by atoms with E-state index in [1.165, 1.54) is 0 Å². The number of carbonyl (C=O) groups excluding carboxylic acids is 2. The van der Waals surface area contributed by atoms with Crippen LogP contribution in [0, 0.1) is 5.92 Å². The summed E-state index contributed by atoms with van der Waals surface area (Å²) in [5.41, 5.74) is 0. The number of rotatable bonds is 2. The van der Waals surface area contributed by atoms with Crippen LogP contribution < -0.4 is 5.32 Å². The van der Waals surface area contributed by atoms with Crippen molar-refractivity contribution in [3.05, 3.63) is 12.2 Å². The van der Waals surface area contributed by atoms with Gasteiger partial charge in [-0.3, -0.25) is 10.1 Å². The smallest absolute Gasteiger partial charge is 0.328 e. The molecule has 0 aromatic heterocycles. The number of piperidine rings is 1. The maximum Gasteiger partial charge on any atom is 0.328 e. The van der Waals surface area contributed by atoms with Gasteiger partial charge in [0.25, 0.3) is 5.91 Å². The lowest BCUT2D eigenvalue weighted by Gasteiger charge is -2.36.